The number of benzene rings is 1. The SMILES string of the molecule is Cc1ccc2ncc(CN3CCC(c4cnccn4)C3)cc2c1. The lowest BCUT2D eigenvalue weighted by Gasteiger charge is -2.16. The fourth-order valence-electron chi connectivity index (χ4n) is 3.38. The maximum atomic E-state index is 4.59. The second-order valence-corrected chi connectivity index (χ2v) is 6.39. The fraction of sp³-hybridized carbons (Fsp3) is 0.316. The third-order valence-corrected chi connectivity index (χ3v) is 4.57. The normalized spacial score (nSPS) is 18.6. The zero-order chi connectivity index (χ0) is 15.6. The Hall–Kier alpha value is -2.33. The average molecular weight is 304 g/mol. The van der Waals surface area contributed by atoms with Gasteiger partial charge >= 0.3 is 0 Å². The first kappa shape index (κ1) is 14.3. The smallest absolute Gasteiger partial charge is 0.0702 e. The van der Waals surface area contributed by atoms with Gasteiger partial charge in [0.05, 0.1) is 11.2 Å². The first-order valence-corrected chi connectivity index (χ1v) is 8.11. The van der Waals surface area contributed by atoms with Crippen molar-refractivity contribution < 1.29 is 0 Å². The molecule has 1 atom stereocenters. The van der Waals surface area contributed by atoms with E-state index in [4.69, 9.17) is 0 Å². The van der Waals surface area contributed by atoms with Crippen LogP contribution in [0.1, 0.15) is 29.2 Å². The highest BCUT2D eigenvalue weighted by atomic mass is 15.1. The Morgan fingerprint density at radius 3 is 2.96 bits per heavy atom. The van der Waals surface area contributed by atoms with Crippen LogP contribution in [0.25, 0.3) is 10.9 Å². The third-order valence-electron chi connectivity index (χ3n) is 4.57. The van der Waals surface area contributed by atoms with Crippen LogP contribution in [0.5, 0.6) is 0 Å². The average Bonchev–Trinajstić information content (AvgIpc) is 3.04. The molecular weight excluding hydrogens is 284 g/mol. The zero-order valence-corrected chi connectivity index (χ0v) is 13.3. The summed E-state index contributed by atoms with van der Waals surface area (Å²) in [6.45, 7) is 5.23. The lowest BCUT2D eigenvalue weighted by molar-refractivity contribution is 0.326. The van der Waals surface area contributed by atoms with Crippen LogP contribution in [0.4, 0.5) is 0 Å². The Morgan fingerprint density at radius 1 is 1.13 bits per heavy atom. The van der Waals surface area contributed by atoms with Gasteiger partial charge in [-0.25, -0.2) is 0 Å². The molecule has 0 spiro atoms. The molecule has 1 unspecified atom stereocenters. The molecule has 3 heterocycles. The minimum Gasteiger partial charge on any atom is -0.298 e. The predicted molar refractivity (Wildman–Crippen MR) is 91.1 cm³/mol. The first-order valence-electron chi connectivity index (χ1n) is 8.11. The maximum absolute atomic E-state index is 4.59. The number of hydrogen-bond donors (Lipinski definition) is 0. The molecule has 4 rings (SSSR count). The monoisotopic (exact) mass is 304 g/mol. The van der Waals surface area contributed by atoms with E-state index in [1.807, 2.05) is 12.4 Å². The van der Waals surface area contributed by atoms with Gasteiger partial charge in [-0.05, 0) is 43.7 Å². The topological polar surface area (TPSA) is 41.9 Å². The van der Waals surface area contributed by atoms with Crippen LogP contribution in [0.3, 0.4) is 0 Å². The number of nitrogens with zero attached hydrogens (tertiary/aromatic N) is 4. The van der Waals surface area contributed by atoms with E-state index in [1.54, 1.807) is 12.4 Å². The lowest BCUT2D eigenvalue weighted by Crippen LogP contribution is -2.20. The highest BCUT2D eigenvalue weighted by Crippen LogP contribution is 2.26. The van der Waals surface area contributed by atoms with E-state index in [0.717, 1.165) is 37.3 Å². The fourth-order valence-corrected chi connectivity index (χ4v) is 3.38. The summed E-state index contributed by atoms with van der Waals surface area (Å²) in [4.78, 5) is 15.7. The molecule has 2 aromatic heterocycles. The van der Waals surface area contributed by atoms with Crippen molar-refractivity contribution in [3.63, 3.8) is 0 Å². The van der Waals surface area contributed by atoms with E-state index in [2.05, 4.69) is 51.0 Å². The molecule has 0 saturated carbocycles. The van der Waals surface area contributed by atoms with Gasteiger partial charge in [-0.3, -0.25) is 19.9 Å². The molecule has 0 bridgehead atoms. The molecule has 1 aliphatic heterocycles. The van der Waals surface area contributed by atoms with Crippen molar-refractivity contribution in [1.82, 2.24) is 19.9 Å². The van der Waals surface area contributed by atoms with E-state index in [1.165, 1.54) is 16.5 Å². The van der Waals surface area contributed by atoms with E-state index in [-0.39, 0.29) is 0 Å². The maximum Gasteiger partial charge on any atom is 0.0702 e. The molecule has 0 aliphatic carbocycles. The van der Waals surface area contributed by atoms with Gasteiger partial charge in [0.1, 0.15) is 0 Å². The van der Waals surface area contributed by atoms with Gasteiger partial charge in [0.15, 0.2) is 0 Å². The van der Waals surface area contributed by atoms with Crippen molar-refractivity contribution in [2.75, 3.05) is 13.1 Å². The molecule has 0 N–H and O–H groups in total. The van der Waals surface area contributed by atoms with Crippen molar-refractivity contribution in [1.29, 1.82) is 0 Å². The van der Waals surface area contributed by atoms with Gasteiger partial charge in [-0.2, -0.15) is 0 Å². The van der Waals surface area contributed by atoms with Crippen LogP contribution in [0.2, 0.25) is 0 Å². The Labute approximate surface area is 136 Å². The van der Waals surface area contributed by atoms with E-state index in [0.29, 0.717) is 5.92 Å². The second kappa shape index (κ2) is 6.05. The molecule has 4 nitrogen and oxygen atoms in total. The number of pyridine rings is 1. The van der Waals surface area contributed by atoms with E-state index >= 15 is 0 Å². The molecule has 0 radical (unpaired) electrons. The van der Waals surface area contributed by atoms with Crippen molar-refractivity contribution in [3.8, 4) is 0 Å². The van der Waals surface area contributed by atoms with E-state index in [9.17, 15) is 0 Å². The molecule has 3 aromatic rings. The van der Waals surface area contributed by atoms with Crippen LogP contribution in [0.15, 0.2) is 49.1 Å². The number of hydrogen-bond acceptors (Lipinski definition) is 4. The molecule has 1 aliphatic rings. The van der Waals surface area contributed by atoms with Gasteiger partial charge in [-0.1, -0.05) is 11.6 Å². The minimum atomic E-state index is 0.499. The summed E-state index contributed by atoms with van der Waals surface area (Å²) in [5.74, 6) is 0.499. The summed E-state index contributed by atoms with van der Waals surface area (Å²) in [6, 6.07) is 8.68. The molecule has 0 amide bonds. The standard InChI is InChI=1S/C19H20N4/c1-14-2-3-18-17(8-14)9-15(10-22-18)12-23-7-4-16(13-23)19-11-20-5-6-21-19/h2-3,5-6,8-11,16H,4,7,12-13H2,1H3. The van der Waals surface area contributed by atoms with Crippen LogP contribution in [-0.4, -0.2) is 32.9 Å². The van der Waals surface area contributed by atoms with Gasteiger partial charge in [0.25, 0.3) is 0 Å². The molecule has 4 heteroatoms. The highest BCUT2D eigenvalue weighted by Gasteiger charge is 2.24. The molecule has 1 saturated heterocycles. The van der Waals surface area contributed by atoms with Gasteiger partial charge in [0.2, 0.25) is 0 Å². The van der Waals surface area contributed by atoms with Crippen molar-refractivity contribution in [3.05, 3.63) is 65.9 Å². The highest BCUT2D eigenvalue weighted by molar-refractivity contribution is 5.79. The lowest BCUT2D eigenvalue weighted by atomic mass is 10.1. The Kier molecular flexibility index (Phi) is 3.75. The van der Waals surface area contributed by atoms with Gasteiger partial charge in [0, 0.05) is 49.2 Å². The number of aryl methyl sites for hydroxylation is 1. The third kappa shape index (κ3) is 3.08. The minimum absolute atomic E-state index is 0.499. The Balaban J connectivity index is 1.48. The zero-order valence-electron chi connectivity index (χ0n) is 13.3. The summed E-state index contributed by atoms with van der Waals surface area (Å²) in [7, 11) is 0. The summed E-state index contributed by atoms with van der Waals surface area (Å²) < 4.78 is 0. The van der Waals surface area contributed by atoms with Crippen LogP contribution < -0.4 is 0 Å². The van der Waals surface area contributed by atoms with Crippen LogP contribution in [-0.2, 0) is 6.54 Å². The number of rotatable bonds is 3. The molecule has 23 heavy (non-hydrogen) atoms. The Bertz CT molecular complexity index is 816. The summed E-state index contributed by atoms with van der Waals surface area (Å²) in [5, 5.41) is 1.23. The van der Waals surface area contributed by atoms with Crippen molar-refractivity contribution in [2.45, 2.75) is 25.8 Å². The van der Waals surface area contributed by atoms with Crippen molar-refractivity contribution in [2.24, 2.45) is 0 Å². The van der Waals surface area contributed by atoms with Crippen LogP contribution >= 0.6 is 0 Å². The van der Waals surface area contributed by atoms with Crippen molar-refractivity contribution >= 4 is 10.9 Å². The summed E-state index contributed by atoms with van der Waals surface area (Å²) in [6.07, 6.45) is 8.58. The second-order valence-electron chi connectivity index (χ2n) is 6.39. The largest absolute Gasteiger partial charge is 0.298 e. The molecule has 116 valence electrons. The number of fused-ring (bicyclic) bond motifs is 1. The molecular formula is C19H20N4. The first-order chi connectivity index (χ1) is 11.3. The van der Waals surface area contributed by atoms with E-state index < -0.39 is 0 Å². The number of likely N-dealkylation sites (tertiary alicyclic amines) is 1. The van der Waals surface area contributed by atoms with Gasteiger partial charge in [-0.15, -0.1) is 0 Å². The predicted octanol–water partition coefficient (Wildman–Crippen LogP) is 3.32. The summed E-state index contributed by atoms with van der Waals surface area (Å²) >= 11 is 0. The molecule has 1 fully saturated rings. The molecule has 1 aromatic carbocycles. The van der Waals surface area contributed by atoms with Gasteiger partial charge < -0.3 is 0 Å². The van der Waals surface area contributed by atoms with Crippen LogP contribution in [0, 0.1) is 6.92 Å². The number of aromatic nitrogens is 3. The quantitative estimate of drug-likeness (QED) is 0.744. The summed E-state index contributed by atoms with van der Waals surface area (Å²) in [5.41, 5.74) is 4.74. The Morgan fingerprint density at radius 2 is 2.09 bits per heavy atom.